The Labute approximate surface area is 143 Å². The number of benzene rings is 1. The van der Waals surface area contributed by atoms with Crippen molar-refractivity contribution in [3.8, 4) is 10.6 Å². The standard InChI is InChI=1S/C17H18N4O2S/c22-9-10-1-4-13(16-18-5-6-24-16)15-14(10)20-17(23-15)21-7-11-2-3-12(8-21)19-11/h1,4-6,11-12,19,22H,2-3,7-9H2. The predicted octanol–water partition coefficient (Wildman–Crippen LogP) is 2.38. The molecule has 2 bridgehead atoms. The summed E-state index contributed by atoms with van der Waals surface area (Å²) < 4.78 is 6.17. The lowest BCUT2D eigenvalue weighted by Crippen LogP contribution is -2.51. The first-order valence-electron chi connectivity index (χ1n) is 8.26. The number of oxazole rings is 1. The molecular formula is C17H18N4O2S. The molecule has 5 rings (SSSR count). The Morgan fingerprint density at radius 3 is 2.83 bits per heavy atom. The van der Waals surface area contributed by atoms with E-state index in [0.29, 0.717) is 18.1 Å². The lowest BCUT2D eigenvalue weighted by Gasteiger charge is -2.31. The Hall–Kier alpha value is -1.96. The van der Waals surface area contributed by atoms with E-state index in [2.05, 4.69) is 15.2 Å². The molecule has 0 amide bonds. The molecule has 0 saturated carbocycles. The van der Waals surface area contributed by atoms with Gasteiger partial charge in [0.25, 0.3) is 6.01 Å². The van der Waals surface area contributed by atoms with E-state index in [1.54, 1.807) is 17.5 Å². The highest BCUT2D eigenvalue weighted by molar-refractivity contribution is 7.13. The molecule has 7 heteroatoms. The van der Waals surface area contributed by atoms with Gasteiger partial charge < -0.3 is 19.7 Å². The number of nitrogens with one attached hydrogen (secondary N) is 1. The molecule has 124 valence electrons. The smallest absolute Gasteiger partial charge is 0.298 e. The first kappa shape index (κ1) is 14.4. The van der Waals surface area contributed by atoms with Gasteiger partial charge in [-0.3, -0.25) is 0 Å². The van der Waals surface area contributed by atoms with Gasteiger partial charge in [-0.15, -0.1) is 11.3 Å². The normalized spacial score (nSPS) is 23.3. The monoisotopic (exact) mass is 342 g/mol. The second-order valence-corrected chi connectivity index (χ2v) is 7.38. The molecule has 4 heterocycles. The summed E-state index contributed by atoms with van der Waals surface area (Å²) in [6, 6.07) is 5.57. The molecule has 2 aliphatic heterocycles. The molecule has 0 radical (unpaired) electrons. The summed E-state index contributed by atoms with van der Waals surface area (Å²) in [5.74, 6) is 0. The number of thiazole rings is 1. The van der Waals surface area contributed by atoms with E-state index in [9.17, 15) is 5.11 Å². The molecule has 0 aliphatic carbocycles. The van der Waals surface area contributed by atoms with E-state index in [4.69, 9.17) is 9.40 Å². The van der Waals surface area contributed by atoms with E-state index in [1.165, 1.54) is 12.8 Å². The average molecular weight is 342 g/mol. The van der Waals surface area contributed by atoms with Crippen molar-refractivity contribution in [1.29, 1.82) is 0 Å². The van der Waals surface area contributed by atoms with Gasteiger partial charge in [-0.05, 0) is 18.9 Å². The predicted molar refractivity (Wildman–Crippen MR) is 93.2 cm³/mol. The third-order valence-electron chi connectivity index (χ3n) is 4.94. The summed E-state index contributed by atoms with van der Waals surface area (Å²) in [6.07, 6.45) is 4.22. The van der Waals surface area contributed by atoms with Crippen LogP contribution >= 0.6 is 11.3 Å². The number of hydrogen-bond acceptors (Lipinski definition) is 7. The fourth-order valence-corrected chi connectivity index (χ4v) is 4.45. The zero-order valence-corrected chi connectivity index (χ0v) is 13.9. The first-order chi connectivity index (χ1) is 11.8. The maximum Gasteiger partial charge on any atom is 0.298 e. The quantitative estimate of drug-likeness (QED) is 0.761. The van der Waals surface area contributed by atoms with Crippen molar-refractivity contribution >= 4 is 28.5 Å². The summed E-state index contributed by atoms with van der Waals surface area (Å²) in [4.78, 5) is 11.3. The SMILES string of the molecule is OCc1ccc(-c2nccs2)c2oc(N3CC4CCC(C3)N4)nc12. The second-order valence-electron chi connectivity index (χ2n) is 6.48. The lowest BCUT2D eigenvalue weighted by atomic mass is 10.1. The summed E-state index contributed by atoms with van der Waals surface area (Å²) in [6.45, 7) is 1.79. The number of hydrogen-bond donors (Lipinski definition) is 2. The molecule has 2 N–H and O–H groups in total. The molecule has 6 nitrogen and oxygen atoms in total. The zero-order chi connectivity index (χ0) is 16.1. The van der Waals surface area contributed by atoms with Gasteiger partial charge in [0.15, 0.2) is 5.58 Å². The van der Waals surface area contributed by atoms with Crippen molar-refractivity contribution in [3.05, 3.63) is 29.3 Å². The fraction of sp³-hybridized carbons (Fsp3) is 0.412. The van der Waals surface area contributed by atoms with Crippen LogP contribution < -0.4 is 10.2 Å². The highest BCUT2D eigenvalue weighted by Crippen LogP contribution is 2.35. The number of aromatic nitrogens is 2. The van der Waals surface area contributed by atoms with Gasteiger partial charge >= 0.3 is 0 Å². The average Bonchev–Trinajstić information content (AvgIpc) is 3.33. The van der Waals surface area contributed by atoms with Crippen LogP contribution in [-0.4, -0.2) is 40.2 Å². The van der Waals surface area contributed by atoms with Crippen LogP contribution in [0.1, 0.15) is 18.4 Å². The Morgan fingerprint density at radius 2 is 2.12 bits per heavy atom. The van der Waals surface area contributed by atoms with Crippen LogP contribution in [0.4, 0.5) is 6.01 Å². The molecule has 1 aromatic carbocycles. The minimum Gasteiger partial charge on any atom is -0.423 e. The number of nitrogens with zero attached hydrogens (tertiary/aromatic N) is 3. The van der Waals surface area contributed by atoms with Gasteiger partial charge in [-0.25, -0.2) is 4.98 Å². The van der Waals surface area contributed by atoms with Crippen molar-refractivity contribution < 1.29 is 9.52 Å². The zero-order valence-electron chi connectivity index (χ0n) is 13.1. The number of aliphatic hydroxyl groups is 1. The lowest BCUT2D eigenvalue weighted by molar-refractivity contribution is 0.283. The van der Waals surface area contributed by atoms with E-state index in [-0.39, 0.29) is 6.61 Å². The number of piperazine rings is 1. The van der Waals surface area contributed by atoms with Crippen LogP contribution in [0.3, 0.4) is 0 Å². The molecule has 2 aromatic heterocycles. The molecule has 2 unspecified atom stereocenters. The number of aliphatic hydroxyl groups excluding tert-OH is 1. The van der Waals surface area contributed by atoms with Gasteiger partial charge in [0.1, 0.15) is 10.5 Å². The Morgan fingerprint density at radius 1 is 1.29 bits per heavy atom. The van der Waals surface area contributed by atoms with Crippen LogP contribution in [0.15, 0.2) is 28.1 Å². The molecule has 24 heavy (non-hydrogen) atoms. The first-order valence-corrected chi connectivity index (χ1v) is 9.14. The molecule has 2 aliphatic rings. The molecule has 2 atom stereocenters. The van der Waals surface area contributed by atoms with Crippen LogP contribution in [0.25, 0.3) is 21.7 Å². The summed E-state index contributed by atoms with van der Waals surface area (Å²) in [5, 5.41) is 16.1. The molecule has 2 fully saturated rings. The van der Waals surface area contributed by atoms with Gasteiger partial charge in [-0.1, -0.05) is 6.07 Å². The summed E-state index contributed by atoms with van der Waals surface area (Å²) in [5.41, 5.74) is 3.19. The highest BCUT2D eigenvalue weighted by atomic mass is 32.1. The van der Waals surface area contributed by atoms with Crippen LogP contribution in [-0.2, 0) is 6.61 Å². The minimum atomic E-state index is -0.0482. The van der Waals surface area contributed by atoms with E-state index < -0.39 is 0 Å². The fourth-order valence-electron chi connectivity index (χ4n) is 3.79. The number of anilines is 1. The van der Waals surface area contributed by atoms with Crippen molar-refractivity contribution in [3.63, 3.8) is 0 Å². The summed E-state index contributed by atoms with van der Waals surface area (Å²) >= 11 is 1.57. The highest BCUT2D eigenvalue weighted by Gasteiger charge is 2.34. The molecular weight excluding hydrogens is 324 g/mol. The number of rotatable bonds is 3. The molecule has 0 spiro atoms. The third kappa shape index (κ3) is 2.23. The van der Waals surface area contributed by atoms with Gasteiger partial charge in [0.2, 0.25) is 0 Å². The van der Waals surface area contributed by atoms with E-state index in [0.717, 1.165) is 40.3 Å². The van der Waals surface area contributed by atoms with Crippen molar-refractivity contribution in [1.82, 2.24) is 15.3 Å². The van der Waals surface area contributed by atoms with Gasteiger partial charge in [0, 0.05) is 42.3 Å². The molecule has 3 aromatic rings. The van der Waals surface area contributed by atoms with Gasteiger partial charge in [-0.2, -0.15) is 4.98 Å². The number of fused-ring (bicyclic) bond motifs is 3. The third-order valence-corrected chi connectivity index (χ3v) is 5.74. The second kappa shape index (κ2) is 5.54. The Bertz CT molecular complexity index is 864. The van der Waals surface area contributed by atoms with Crippen molar-refractivity contribution in [2.24, 2.45) is 0 Å². The minimum absolute atomic E-state index is 0.0482. The van der Waals surface area contributed by atoms with Gasteiger partial charge in [0.05, 0.1) is 12.2 Å². The maximum atomic E-state index is 9.65. The van der Waals surface area contributed by atoms with E-state index in [1.807, 2.05) is 17.5 Å². The maximum absolute atomic E-state index is 9.65. The van der Waals surface area contributed by atoms with Crippen LogP contribution in [0.2, 0.25) is 0 Å². The largest absolute Gasteiger partial charge is 0.423 e. The molecule has 2 saturated heterocycles. The Balaban J connectivity index is 1.62. The van der Waals surface area contributed by atoms with E-state index >= 15 is 0 Å². The van der Waals surface area contributed by atoms with Crippen LogP contribution in [0.5, 0.6) is 0 Å². The van der Waals surface area contributed by atoms with Crippen molar-refractivity contribution in [2.45, 2.75) is 31.5 Å². The van der Waals surface area contributed by atoms with Crippen LogP contribution in [0, 0.1) is 0 Å². The topological polar surface area (TPSA) is 74.4 Å². The Kier molecular flexibility index (Phi) is 3.32. The van der Waals surface area contributed by atoms with Crippen molar-refractivity contribution in [2.75, 3.05) is 18.0 Å². The summed E-state index contributed by atoms with van der Waals surface area (Å²) in [7, 11) is 0.